The van der Waals surface area contributed by atoms with E-state index >= 15 is 0 Å². The molecule has 6 aromatic rings. The largest absolute Gasteiger partial charge is 0.376 e. The molecular weight excluding hydrogens is 635 g/mol. The molecule has 0 spiro atoms. The van der Waals surface area contributed by atoms with E-state index in [-0.39, 0.29) is 6.04 Å². The summed E-state index contributed by atoms with van der Waals surface area (Å²) in [6.07, 6.45) is 8.40. The van der Waals surface area contributed by atoms with E-state index in [1.807, 2.05) is 60.9 Å². The van der Waals surface area contributed by atoms with E-state index < -0.39 is 5.60 Å². The van der Waals surface area contributed by atoms with Gasteiger partial charge in [0, 0.05) is 30.0 Å². The van der Waals surface area contributed by atoms with Gasteiger partial charge in [0.2, 0.25) is 0 Å². The molecule has 48 heavy (non-hydrogen) atoms. The van der Waals surface area contributed by atoms with Crippen molar-refractivity contribution < 1.29 is 5.11 Å². The van der Waals surface area contributed by atoms with Gasteiger partial charge in [0.1, 0.15) is 15.9 Å². The smallest absolute Gasteiger partial charge is 0.141 e. The van der Waals surface area contributed by atoms with Crippen LogP contribution in [0, 0.1) is 0 Å². The highest BCUT2D eigenvalue weighted by Crippen LogP contribution is 2.44. The molecule has 5 nitrogen and oxygen atoms in total. The maximum Gasteiger partial charge on any atom is 0.141 e. The van der Waals surface area contributed by atoms with Gasteiger partial charge in [-0.3, -0.25) is 9.80 Å². The minimum atomic E-state index is -1.40. The number of halogens is 2. The quantitative estimate of drug-likeness (QED) is 0.185. The SMILES string of the molecule is CN1CCC[C@H]1c1ccc(Cl)nc1.CN1CCC[C@H]1c1cnc(Cl)cc1C(O)(c1ccc2ccccc2c1)c1ccc2ccccc2c1. The van der Waals surface area contributed by atoms with Gasteiger partial charge in [-0.2, -0.15) is 0 Å². The van der Waals surface area contributed by atoms with Crippen molar-refractivity contribution in [3.8, 4) is 0 Å². The Kier molecular flexibility index (Phi) is 9.50. The van der Waals surface area contributed by atoms with Gasteiger partial charge >= 0.3 is 0 Å². The molecule has 7 heteroatoms. The number of nitrogens with zero attached hydrogens (tertiary/aromatic N) is 4. The number of aliphatic hydroxyl groups is 1. The lowest BCUT2D eigenvalue weighted by Gasteiger charge is -2.34. The fourth-order valence-corrected chi connectivity index (χ4v) is 7.81. The van der Waals surface area contributed by atoms with E-state index in [9.17, 15) is 5.11 Å². The van der Waals surface area contributed by atoms with Crippen LogP contribution in [0.25, 0.3) is 21.5 Å². The van der Waals surface area contributed by atoms with E-state index in [2.05, 4.69) is 88.5 Å². The Bertz CT molecular complexity index is 1970. The Morgan fingerprint density at radius 1 is 0.625 bits per heavy atom. The molecule has 4 aromatic carbocycles. The second-order valence-electron chi connectivity index (χ2n) is 13.1. The van der Waals surface area contributed by atoms with Gasteiger partial charge in [-0.1, -0.05) is 102 Å². The molecule has 2 aliphatic heterocycles. The van der Waals surface area contributed by atoms with Crippen molar-refractivity contribution in [2.75, 3.05) is 27.2 Å². The standard InChI is InChI=1S/C31H27ClN2O.C10H13ClN2/c1-34-16-6-11-29(34)27-20-33-30(32)19-28(27)31(35,25-14-12-21-7-2-4-9-23(21)17-25)26-15-13-22-8-3-5-10-24(22)18-26;1-13-6-2-3-9(13)8-4-5-10(11)12-7-8/h2-5,7-10,12-15,17-20,29,35H,6,11,16H2,1H3;4-5,7,9H,2-3,6H2,1H3/t29-;9-/m00/s1. The second-order valence-corrected chi connectivity index (χ2v) is 13.9. The molecule has 0 bridgehead atoms. The van der Waals surface area contributed by atoms with Crippen LogP contribution in [0.5, 0.6) is 0 Å². The van der Waals surface area contributed by atoms with Crippen LogP contribution in [-0.2, 0) is 5.60 Å². The van der Waals surface area contributed by atoms with Crippen molar-refractivity contribution in [1.29, 1.82) is 0 Å². The molecule has 0 amide bonds. The summed E-state index contributed by atoms with van der Waals surface area (Å²) in [4.78, 5) is 13.3. The van der Waals surface area contributed by atoms with Crippen LogP contribution >= 0.6 is 23.2 Å². The molecule has 244 valence electrons. The molecule has 2 aliphatic rings. The summed E-state index contributed by atoms with van der Waals surface area (Å²) >= 11 is 12.2. The first-order valence-corrected chi connectivity index (χ1v) is 17.5. The summed E-state index contributed by atoms with van der Waals surface area (Å²) in [5.74, 6) is 0. The van der Waals surface area contributed by atoms with Gasteiger partial charge in [-0.25, -0.2) is 9.97 Å². The zero-order valence-electron chi connectivity index (χ0n) is 27.4. The van der Waals surface area contributed by atoms with Crippen LogP contribution in [-0.4, -0.2) is 52.1 Å². The summed E-state index contributed by atoms with van der Waals surface area (Å²) in [7, 11) is 4.30. The van der Waals surface area contributed by atoms with E-state index in [1.165, 1.54) is 24.9 Å². The maximum absolute atomic E-state index is 12.9. The number of benzene rings is 4. The van der Waals surface area contributed by atoms with Crippen molar-refractivity contribution in [3.05, 3.63) is 154 Å². The average Bonchev–Trinajstić information content (AvgIpc) is 3.75. The normalized spacial score (nSPS) is 18.7. The Hall–Kier alpha value is -3.84. The highest BCUT2D eigenvalue weighted by molar-refractivity contribution is 6.29. The first-order valence-electron chi connectivity index (χ1n) is 16.7. The monoisotopic (exact) mass is 674 g/mol. The fourth-order valence-electron chi connectivity index (χ4n) is 7.54. The molecular formula is C41H40Cl2N4O. The lowest BCUT2D eigenvalue weighted by atomic mass is 9.76. The van der Waals surface area contributed by atoms with Gasteiger partial charge in [0.05, 0.1) is 0 Å². The number of rotatable bonds is 5. The van der Waals surface area contributed by atoms with Crippen molar-refractivity contribution in [3.63, 3.8) is 0 Å². The van der Waals surface area contributed by atoms with Crippen LogP contribution in [0.1, 0.15) is 65.6 Å². The Morgan fingerprint density at radius 3 is 1.69 bits per heavy atom. The fraction of sp³-hybridized carbons (Fsp3) is 0.268. The maximum atomic E-state index is 12.9. The number of fused-ring (bicyclic) bond motifs is 2. The van der Waals surface area contributed by atoms with Gasteiger partial charge in [0.25, 0.3) is 0 Å². The van der Waals surface area contributed by atoms with Gasteiger partial charge in [-0.05, 0) is 121 Å². The van der Waals surface area contributed by atoms with Crippen molar-refractivity contribution in [2.45, 2.75) is 43.4 Å². The van der Waals surface area contributed by atoms with Crippen LogP contribution in [0.2, 0.25) is 10.3 Å². The number of hydrogen-bond acceptors (Lipinski definition) is 5. The molecule has 0 saturated carbocycles. The summed E-state index contributed by atoms with van der Waals surface area (Å²) in [6.45, 7) is 2.21. The third-order valence-corrected chi connectivity index (χ3v) is 10.6. The second kappa shape index (κ2) is 13.9. The third kappa shape index (κ3) is 6.46. The zero-order chi connectivity index (χ0) is 33.3. The zero-order valence-corrected chi connectivity index (χ0v) is 28.9. The first kappa shape index (κ1) is 32.7. The van der Waals surface area contributed by atoms with E-state index in [0.29, 0.717) is 16.3 Å². The number of pyridine rings is 2. The minimum absolute atomic E-state index is 0.183. The topological polar surface area (TPSA) is 52.5 Å². The van der Waals surface area contributed by atoms with E-state index in [1.54, 1.807) is 0 Å². The Morgan fingerprint density at radius 2 is 1.17 bits per heavy atom. The minimum Gasteiger partial charge on any atom is -0.376 e. The first-order chi connectivity index (χ1) is 23.3. The molecule has 2 fully saturated rings. The van der Waals surface area contributed by atoms with Crippen LogP contribution in [0.15, 0.2) is 116 Å². The highest BCUT2D eigenvalue weighted by atomic mass is 35.5. The van der Waals surface area contributed by atoms with Crippen LogP contribution < -0.4 is 0 Å². The molecule has 0 radical (unpaired) electrons. The average molecular weight is 676 g/mol. The lowest BCUT2D eigenvalue weighted by molar-refractivity contribution is 0.123. The van der Waals surface area contributed by atoms with Gasteiger partial charge in [-0.15, -0.1) is 0 Å². The molecule has 1 N–H and O–H groups in total. The molecule has 2 aromatic heterocycles. The predicted octanol–water partition coefficient (Wildman–Crippen LogP) is 9.59. The van der Waals surface area contributed by atoms with Crippen molar-refractivity contribution in [2.24, 2.45) is 0 Å². The Balaban J connectivity index is 0.000000235. The van der Waals surface area contributed by atoms with Crippen LogP contribution in [0.3, 0.4) is 0 Å². The van der Waals surface area contributed by atoms with E-state index in [4.69, 9.17) is 23.2 Å². The van der Waals surface area contributed by atoms with E-state index in [0.717, 1.165) is 63.2 Å². The number of hydrogen-bond donors (Lipinski definition) is 1. The number of likely N-dealkylation sites (tertiary alicyclic amines) is 2. The number of aromatic nitrogens is 2. The molecule has 2 atom stereocenters. The third-order valence-electron chi connectivity index (χ3n) is 10.2. The van der Waals surface area contributed by atoms with Crippen LogP contribution in [0.4, 0.5) is 0 Å². The summed E-state index contributed by atoms with van der Waals surface area (Å²) in [5, 5.41) is 18.3. The van der Waals surface area contributed by atoms with Crippen molar-refractivity contribution >= 4 is 44.7 Å². The molecule has 2 saturated heterocycles. The summed E-state index contributed by atoms with van der Waals surface area (Å²) in [6, 6.07) is 35.5. The summed E-state index contributed by atoms with van der Waals surface area (Å²) < 4.78 is 0. The van der Waals surface area contributed by atoms with Gasteiger partial charge < -0.3 is 5.11 Å². The molecule has 0 unspecified atom stereocenters. The lowest BCUT2D eigenvalue weighted by Crippen LogP contribution is -2.32. The molecule has 4 heterocycles. The predicted molar refractivity (Wildman–Crippen MR) is 198 cm³/mol. The van der Waals surface area contributed by atoms with Gasteiger partial charge in [0.15, 0.2) is 0 Å². The Labute approximate surface area is 292 Å². The highest BCUT2D eigenvalue weighted by Gasteiger charge is 2.39. The molecule has 8 rings (SSSR count). The molecule has 0 aliphatic carbocycles. The van der Waals surface area contributed by atoms with Crippen molar-refractivity contribution in [1.82, 2.24) is 19.8 Å². The summed E-state index contributed by atoms with van der Waals surface area (Å²) in [5.41, 5.74) is 3.33.